The second-order valence-electron chi connectivity index (χ2n) is 4.65. The Labute approximate surface area is 111 Å². The summed E-state index contributed by atoms with van der Waals surface area (Å²) >= 11 is 3.56. The molecule has 0 saturated carbocycles. The molecule has 1 amide bonds. The molecule has 0 N–H and O–H groups in total. The van der Waals surface area contributed by atoms with E-state index in [0.29, 0.717) is 11.2 Å². The van der Waals surface area contributed by atoms with Crippen LogP contribution in [0.25, 0.3) is 0 Å². The lowest BCUT2D eigenvalue weighted by molar-refractivity contribution is -0.130. The van der Waals surface area contributed by atoms with Crippen molar-refractivity contribution >= 4 is 21.8 Å². The van der Waals surface area contributed by atoms with Crippen LogP contribution in [0.2, 0.25) is 0 Å². The number of carbonyl (C=O) groups is 1. The van der Waals surface area contributed by atoms with Crippen LogP contribution in [-0.2, 0) is 11.2 Å². The number of hydrogen-bond donors (Lipinski definition) is 0. The van der Waals surface area contributed by atoms with Crippen LogP contribution in [0.4, 0.5) is 0 Å². The number of hydrogen-bond acceptors (Lipinski definition) is 1. The van der Waals surface area contributed by atoms with Gasteiger partial charge in [0.25, 0.3) is 0 Å². The van der Waals surface area contributed by atoms with Crippen molar-refractivity contribution in [3.05, 3.63) is 35.4 Å². The number of alkyl halides is 1. The molecule has 1 fully saturated rings. The number of nitrogens with zero attached hydrogens (tertiary/aromatic N) is 1. The Morgan fingerprint density at radius 1 is 1.47 bits per heavy atom. The van der Waals surface area contributed by atoms with Gasteiger partial charge in [0.2, 0.25) is 5.91 Å². The Kier molecular flexibility index (Phi) is 4.21. The van der Waals surface area contributed by atoms with Gasteiger partial charge in [0.05, 0.1) is 0 Å². The minimum absolute atomic E-state index is 0.287. The molecular formula is C14H18BrNO. The van der Waals surface area contributed by atoms with Gasteiger partial charge in [-0.25, -0.2) is 0 Å². The molecule has 0 radical (unpaired) electrons. The van der Waals surface area contributed by atoms with Gasteiger partial charge >= 0.3 is 0 Å². The molecule has 1 unspecified atom stereocenters. The molecule has 2 nitrogen and oxygen atoms in total. The zero-order valence-corrected chi connectivity index (χ0v) is 11.7. The summed E-state index contributed by atoms with van der Waals surface area (Å²) in [6.45, 7) is 3.87. The van der Waals surface area contributed by atoms with Gasteiger partial charge in [-0.2, -0.15) is 0 Å². The average Bonchev–Trinajstić information content (AvgIpc) is 2.74. The minimum Gasteiger partial charge on any atom is -0.342 e. The maximum Gasteiger partial charge on any atom is 0.222 e. The largest absolute Gasteiger partial charge is 0.342 e. The summed E-state index contributed by atoms with van der Waals surface area (Å²) in [4.78, 5) is 14.4. The van der Waals surface area contributed by atoms with Crippen LogP contribution < -0.4 is 0 Å². The Morgan fingerprint density at radius 3 is 2.88 bits per heavy atom. The van der Waals surface area contributed by atoms with Gasteiger partial charge in [-0.3, -0.25) is 4.79 Å². The molecule has 0 aliphatic carbocycles. The zero-order valence-electron chi connectivity index (χ0n) is 10.2. The average molecular weight is 296 g/mol. The normalized spacial score (nSPS) is 19.6. The van der Waals surface area contributed by atoms with Crippen LogP contribution in [0.5, 0.6) is 0 Å². The summed E-state index contributed by atoms with van der Waals surface area (Å²) in [5.74, 6) is 0.287. The molecule has 1 aromatic carbocycles. The highest BCUT2D eigenvalue weighted by molar-refractivity contribution is 9.09. The summed E-state index contributed by atoms with van der Waals surface area (Å²) in [6, 6.07) is 8.29. The van der Waals surface area contributed by atoms with E-state index in [4.69, 9.17) is 0 Å². The molecule has 2 rings (SSSR count). The fraction of sp³-hybridized carbons (Fsp3) is 0.500. The van der Waals surface area contributed by atoms with Crippen LogP contribution in [0, 0.1) is 6.92 Å². The molecule has 1 saturated heterocycles. The van der Waals surface area contributed by atoms with Crippen molar-refractivity contribution < 1.29 is 4.79 Å². The molecule has 92 valence electrons. The summed E-state index contributed by atoms with van der Waals surface area (Å²) in [5, 5.41) is 0. The van der Waals surface area contributed by atoms with Crippen LogP contribution in [0.3, 0.4) is 0 Å². The Balaban J connectivity index is 1.86. The summed E-state index contributed by atoms with van der Waals surface area (Å²) in [5.41, 5.74) is 2.57. The van der Waals surface area contributed by atoms with E-state index in [1.54, 1.807) is 0 Å². The van der Waals surface area contributed by atoms with Crippen LogP contribution >= 0.6 is 15.9 Å². The van der Waals surface area contributed by atoms with Crippen LogP contribution in [0.1, 0.15) is 24.0 Å². The van der Waals surface area contributed by atoms with Gasteiger partial charge < -0.3 is 4.90 Å². The van der Waals surface area contributed by atoms with E-state index >= 15 is 0 Å². The lowest BCUT2D eigenvalue weighted by Gasteiger charge is -2.15. The zero-order chi connectivity index (χ0) is 12.3. The van der Waals surface area contributed by atoms with E-state index in [9.17, 15) is 4.79 Å². The molecule has 17 heavy (non-hydrogen) atoms. The fourth-order valence-electron chi connectivity index (χ4n) is 2.23. The summed E-state index contributed by atoms with van der Waals surface area (Å²) in [7, 11) is 0. The van der Waals surface area contributed by atoms with Crippen molar-refractivity contribution in [2.45, 2.75) is 31.0 Å². The molecule has 0 spiro atoms. The van der Waals surface area contributed by atoms with E-state index in [1.165, 1.54) is 11.1 Å². The molecule has 0 bridgehead atoms. The Hall–Kier alpha value is -0.830. The third-order valence-corrected chi connectivity index (χ3v) is 4.10. The van der Waals surface area contributed by atoms with E-state index in [1.807, 2.05) is 17.0 Å². The SMILES string of the molecule is Cc1ccccc1CCC(=O)N1CCC(Br)C1. The van der Waals surface area contributed by atoms with E-state index in [2.05, 4.69) is 35.0 Å². The third-order valence-electron chi connectivity index (χ3n) is 3.35. The number of carbonyl (C=O) groups excluding carboxylic acids is 1. The first-order chi connectivity index (χ1) is 8.16. The first-order valence-electron chi connectivity index (χ1n) is 6.13. The number of rotatable bonds is 3. The van der Waals surface area contributed by atoms with Crippen molar-refractivity contribution in [1.82, 2.24) is 4.90 Å². The van der Waals surface area contributed by atoms with Crippen LogP contribution in [-0.4, -0.2) is 28.7 Å². The van der Waals surface area contributed by atoms with Gasteiger partial charge in [-0.1, -0.05) is 40.2 Å². The lowest BCUT2D eigenvalue weighted by atomic mass is 10.0. The van der Waals surface area contributed by atoms with Crippen molar-refractivity contribution in [2.24, 2.45) is 0 Å². The Bertz CT molecular complexity index is 405. The van der Waals surface area contributed by atoms with Crippen molar-refractivity contribution in [1.29, 1.82) is 0 Å². The number of amides is 1. The standard InChI is InChI=1S/C14H18BrNO/c1-11-4-2-3-5-12(11)6-7-14(17)16-9-8-13(15)10-16/h2-5,13H,6-10H2,1H3. The maximum atomic E-state index is 12.0. The second kappa shape index (κ2) is 5.67. The highest BCUT2D eigenvalue weighted by Gasteiger charge is 2.23. The number of benzene rings is 1. The van der Waals surface area contributed by atoms with E-state index in [0.717, 1.165) is 25.9 Å². The molecule has 1 aliphatic rings. The van der Waals surface area contributed by atoms with Gasteiger partial charge in [-0.15, -0.1) is 0 Å². The van der Waals surface area contributed by atoms with Gasteiger partial charge in [0.15, 0.2) is 0 Å². The molecule has 0 aromatic heterocycles. The first-order valence-corrected chi connectivity index (χ1v) is 7.05. The molecular weight excluding hydrogens is 278 g/mol. The monoisotopic (exact) mass is 295 g/mol. The topological polar surface area (TPSA) is 20.3 Å². The van der Waals surface area contributed by atoms with E-state index < -0.39 is 0 Å². The first kappa shape index (κ1) is 12.6. The highest BCUT2D eigenvalue weighted by atomic mass is 79.9. The summed E-state index contributed by atoms with van der Waals surface area (Å²) < 4.78 is 0. The van der Waals surface area contributed by atoms with Crippen molar-refractivity contribution in [3.8, 4) is 0 Å². The second-order valence-corrected chi connectivity index (χ2v) is 5.95. The number of likely N-dealkylation sites (tertiary alicyclic amines) is 1. The minimum atomic E-state index is 0.287. The third kappa shape index (κ3) is 3.32. The lowest BCUT2D eigenvalue weighted by Crippen LogP contribution is -2.28. The highest BCUT2D eigenvalue weighted by Crippen LogP contribution is 2.18. The molecule has 1 heterocycles. The maximum absolute atomic E-state index is 12.0. The Morgan fingerprint density at radius 2 is 2.24 bits per heavy atom. The fourth-order valence-corrected chi connectivity index (χ4v) is 2.79. The molecule has 1 aliphatic heterocycles. The van der Waals surface area contributed by atoms with E-state index in [-0.39, 0.29) is 5.91 Å². The smallest absolute Gasteiger partial charge is 0.222 e. The predicted octanol–water partition coefficient (Wildman–Crippen LogP) is 2.92. The number of aryl methyl sites for hydroxylation is 2. The molecule has 3 heteroatoms. The predicted molar refractivity (Wildman–Crippen MR) is 73.4 cm³/mol. The quantitative estimate of drug-likeness (QED) is 0.785. The molecule has 1 aromatic rings. The van der Waals surface area contributed by atoms with Crippen molar-refractivity contribution in [3.63, 3.8) is 0 Å². The summed E-state index contributed by atoms with van der Waals surface area (Å²) in [6.07, 6.45) is 2.57. The van der Waals surface area contributed by atoms with Crippen molar-refractivity contribution in [2.75, 3.05) is 13.1 Å². The van der Waals surface area contributed by atoms with Gasteiger partial charge in [-0.05, 0) is 30.9 Å². The van der Waals surface area contributed by atoms with Gasteiger partial charge in [0.1, 0.15) is 0 Å². The van der Waals surface area contributed by atoms with Gasteiger partial charge in [0, 0.05) is 24.3 Å². The van der Waals surface area contributed by atoms with Crippen LogP contribution in [0.15, 0.2) is 24.3 Å². The molecule has 1 atom stereocenters. The number of halogens is 1.